The van der Waals surface area contributed by atoms with E-state index in [1.165, 1.54) is 0 Å². The smallest absolute Gasteiger partial charge is 0.250 e. The number of hydrogen-bond donors (Lipinski definition) is 2. The van der Waals surface area contributed by atoms with E-state index in [-0.39, 0.29) is 12.0 Å². The first-order valence-electron chi connectivity index (χ1n) is 3.94. The third-order valence-electron chi connectivity index (χ3n) is 1.57. The molecule has 1 atom stereocenters. The molecule has 0 aliphatic carbocycles. The van der Waals surface area contributed by atoms with Crippen LogP contribution in [0.5, 0.6) is 0 Å². The van der Waals surface area contributed by atoms with Gasteiger partial charge in [-0.1, -0.05) is 0 Å². The van der Waals surface area contributed by atoms with Crippen molar-refractivity contribution in [1.29, 1.82) is 0 Å². The quantitative estimate of drug-likeness (QED) is 0.548. The van der Waals surface area contributed by atoms with Crippen LogP contribution in [0.15, 0.2) is 0 Å². The summed E-state index contributed by atoms with van der Waals surface area (Å²) < 4.78 is 5.22. The molecule has 0 aromatic carbocycles. The molecule has 1 aliphatic heterocycles. The summed E-state index contributed by atoms with van der Waals surface area (Å²) >= 11 is 0. The van der Waals surface area contributed by atoms with E-state index in [0.717, 1.165) is 6.54 Å². The van der Waals surface area contributed by atoms with Gasteiger partial charge < -0.3 is 15.4 Å². The van der Waals surface area contributed by atoms with Crippen molar-refractivity contribution in [2.75, 3.05) is 26.2 Å². The number of hydrogen-bond acceptors (Lipinski definition) is 3. The molecule has 1 aliphatic rings. The van der Waals surface area contributed by atoms with E-state index in [0.29, 0.717) is 19.7 Å². The largest absolute Gasteiger partial charge is 0.366 e. The van der Waals surface area contributed by atoms with Crippen LogP contribution >= 0.6 is 0 Å². The molecule has 0 bridgehead atoms. The normalized spacial score (nSPS) is 24.6. The molecule has 0 unspecified atom stereocenters. The highest BCUT2D eigenvalue weighted by Gasteiger charge is 2.20. The van der Waals surface area contributed by atoms with Crippen molar-refractivity contribution in [3.05, 3.63) is 0 Å². The number of morpholine rings is 1. The topological polar surface area (TPSA) is 50.4 Å². The van der Waals surface area contributed by atoms with E-state index in [2.05, 4.69) is 10.6 Å². The lowest BCUT2D eigenvalue weighted by Crippen LogP contribution is -2.47. The molecule has 0 spiro atoms. The van der Waals surface area contributed by atoms with Crippen LogP contribution < -0.4 is 10.6 Å². The van der Waals surface area contributed by atoms with Gasteiger partial charge in [0.05, 0.1) is 6.61 Å². The van der Waals surface area contributed by atoms with Crippen molar-refractivity contribution >= 4 is 5.91 Å². The Balaban J connectivity index is 2.27. The van der Waals surface area contributed by atoms with Crippen molar-refractivity contribution < 1.29 is 9.53 Å². The number of likely N-dealkylation sites (N-methyl/N-ethyl adjacent to an activating group) is 1. The molecule has 11 heavy (non-hydrogen) atoms. The van der Waals surface area contributed by atoms with Crippen molar-refractivity contribution in [2.45, 2.75) is 13.0 Å². The van der Waals surface area contributed by atoms with Crippen LogP contribution in [-0.4, -0.2) is 38.3 Å². The van der Waals surface area contributed by atoms with Crippen LogP contribution in [-0.2, 0) is 9.53 Å². The predicted octanol–water partition coefficient (Wildman–Crippen LogP) is -0.889. The second kappa shape index (κ2) is 4.31. The Bertz CT molecular complexity index is 132. The lowest BCUT2D eigenvalue weighted by atomic mass is 10.3. The Labute approximate surface area is 66.3 Å². The summed E-state index contributed by atoms with van der Waals surface area (Å²) in [6.07, 6.45) is -0.288. The minimum atomic E-state index is -0.288. The minimum Gasteiger partial charge on any atom is -0.366 e. The molecule has 1 heterocycles. The molecule has 1 amide bonds. The molecule has 0 radical (unpaired) electrons. The zero-order valence-electron chi connectivity index (χ0n) is 6.72. The monoisotopic (exact) mass is 158 g/mol. The first-order chi connectivity index (χ1) is 5.34. The molecule has 1 fully saturated rings. The molecule has 4 heteroatoms. The van der Waals surface area contributed by atoms with E-state index in [4.69, 9.17) is 4.74 Å². The predicted molar refractivity (Wildman–Crippen MR) is 41.3 cm³/mol. The van der Waals surface area contributed by atoms with Crippen LogP contribution in [0, 0.1) is 0 Å². The molecule has 1 saturated heterocycles. The first kappa shape index (κ1) is 8.49. The number of carbonyl (C=O) groups excluding carboxylic acids is 1. The van der Waals surface area contributed by atoms with Crippen molar-refractivity contribution in [1.82, 2.24) is 10.6 Å². The van der Waals surface area contributed by atoms with E-state index >= 15 is 0 Å². The molecule has 4 nitrogen and oxygen atoms in total. The van der Waals surface area contributed by atoms with Crippen LogP contribution in [0.4, 0.5) is 0 Å². The zero-order chi connectivity index (χ0) is 8.10. The molecule has 2 N–H and O–H groups in total. The summed E-state index contributed by atoms with van der Waals surface area (Å²) in [6.45, 7) is 4.66. The van der Waals surface area contributed by atoms with Gasteiger partial charge in [-0.3, -0.25) is 4.79 Å². The van der Waals surface area contributed by atoms with Gasteiger partial charge in [0, 0.05) is 19.6 Å². The Kier molecular flexibility index (Phi) is 3.32. The molecule has 0 aromatic rings. The van der Waals surface area contributed by atoms with Crippen LogP contribution in [0.3, 0.4) is 0 Å². The van der Waals surface area contributed by atoms with Crippen molar-refractivity contribution in [2.24, 2.45) is 0 Å². The Morgan fingerprint density at radius 2 is 2.64 bits per heavy atom. The number of amides is 1. The lowest BCUT2D eigenvalue weighted by Gasteiger charge is -2.22. The minimum absolute atomic E-state index is 0.0142. The van der Waals surface area contributed by atoms with Gasteiger partial charge in [-0.15, -0.1) is 0 Å². The summed E-state index contributed by atoms with van der Waals surface area (Å²) in [7, 11) is 0. The van der Waals surface area contributed by atoms with Gasteiger partial charge in [-0.25, -0.2) is 0 Å². The third kappa shape index (κ3) is 2.48. The maximum absolute atomic E-state index is 11.1. The van der Waals surface area contributed by atoms with Gasteiger partial charge in [-0.05, 0) is 6.92 Å². The average Bonchev–Trinajstić information content (AvgIpc) is 2.07. The zero-order valence-corrected chi connectivity index (χ0v) is 6.72. The van der Waals surface area contributed by atoms with Gasteiger partial charge in [0.2, 0.25) is 5.91 Å². The highest BCUT2D eigenvalue weighted by atomic mass is 16.5. The molecule has 0 saturated carbocycles. The number of nitrogens with one attached hydrogen (secondary N) is 2. The molecule has 1 rings (SSSR count). The molecular formula is C7H14N2O2. The fraction of sp³-hybridized carbons (Fsp3) is 0.857. The second-order valence-corrected chi connectivity index (χ2v) is 2.46. The first-order valence-corrected chi connectivity index (χ1v) is 3.94. The van der Waals surface area contributed by atoms with Gasteiger partial charge in [0.25, 0.3) is 0 Å². The van der Waals surface area contributed by atoms with Gasteiger partial charge in [0.1, 0.15) is 6.10 Å². The number of rotatable bonds is 2. The maximum atomic E-state index is 11.1. The second-order valence-electron chi connectivity index (χ2n) is 2.46. The van der Waals surface area contributed by atoms with E-state index in [9.17, 15) is 4.79 Å². The molecule has 64 valence electrons. The summed E-state index contributed by atoms with van der Waals surface area (Å²) in [6, 6.07) is 0. The van der Waals surface area contributed by atoms with Gasteiger partial charge >= 0.3 is 0 Å². The van der Waals surface area contributed by atoms with E-state index < -0.39 is 0 Å². The summed E-state index contributed by atoms with van der Waals surface area (Å²) in [5.74, 6) is -0.0142. The summed E-state index contributed by atoms with van der Waals surface area (Å²) in [5.41, 5.74) is 0. The van der Waals surface area contributed by atoms with Crippen molar-refractivity contribution in [3.63, 3.8) is 0 Å². The Hall–Kier alpha value is -0.610. The van der Waals surface area contributed by atoms with Gasteiger partial charge in [0.15, 0.2) is 0 Å². The summed E-state index contributed by atoms with van der Waals surface area (Å²) in [5, 5.41) is 5.80. The Morgan fingerprint density at radius 1 is 1.82 bits per heavy atom. The van der Waals surface area contributed by atoms with Crippen LogP contribution in [0.2, 0.25) is 0 Å². The third-order valence-corrected chi connectivity index (χ3v) is 1.57. The number of carbonyl (C=O) groups is 1. The fourth-order valence-corrected chi connectivity index (χ4v) is 1.02. The highest BCUT2D eigenvalue weighted by molar-refractivity contribution is 5.81. The number of ether oxygens (including phenoxy) is 1. The molecule has 0 aromatic heterocycles. The SMILES string of the molecule is CCNC(=O)[C@@H]1CNCCO1. The Morgan fingerprint density at radius 3 is 3.18 bits per heavy atom. The maximum Gasteiger partial charge on any atom is 0.250 e. The average molecular weight is 158 g/mol. The van der Waals surface area contributed by atoms with E-state index in [1.807, 2.05) is 6.92 Å². The molecular weight excluding hydrogens is 144 g/mol. The van der Waals surface area contributed by atoms with E-state index in [1.54, 1.807) is 0 Å². The van der Waals surface area contributed by atoms with Gasteiger partial charge in [-0.2, -0.15) is 0 Å². The van der Waals surface area contributed by atoms with Crippen molar-refractivity contribution in [3.8, 4) is 0 Å². The lowest BCUT2D eigenvalue weighted by molar-refractivity contribution is -0.134. The van der Waals surface area contributed by atoms with Crippen LogP contribution in [0.25, 0.3) is 0 Å². The van der Waals surface area contributed by atoms with Crippen LogP contribution in [0.1, 0.15) is 6.92 Å². The highest BCUT2D eigenvalue weighted by Crippen LogP contribution is 1.94. The fourth-order valence-electron chi connectivity index (χ4n) is 1.02. The summed E-state index contributed by atoms with van der Waals surface area (Å²) in [4.78, 5) is 11.1. The standard InChI is InChI=1S/C7H14N2O2/c1-2-9-7(10)6-5-8-3-4-11-6/h6,8H,2-5H2,1H3,(H,9,10)/t6-/m0/s1.